The van der Waals surface area contributed by atoms with Crippen molar-refractivity contribution in [2.75, 3.05) is 10.7 Å². The molecule has 0 bridgehead atoms. The highest BCUT2D eigenvalue weighted by Gasteiger charge is 2.27. The highest BCUT2D eigenvalue weighted by molar-refractivity contribution is 7.99. The van der Waals surface area contributed by atoms with Crippen molar-refractivity contribution in [3.63, 3.8) is 0 Å². The molecule has 0 spiro atoms. The molecule has 1 aromatic carbocycles. The first-order valence-corrected chi connectivity index (χ1v) is 11.2. The van der Waals surface area contributed by atoms with Crippen molar-refractivity contribution >= 4 is 23.4 Å². The van der Waals surface area contributed by atoms with E-state index in [2.05, 4.69) is 10.2 Å². The lowest BCUT2D eigenvalue weighted by Crippen LogP contribution is -2.42. The first-order chi connectivity index (χ1) is 14.3. The van der Waals surface area contributed by atoms with Crippen molar-refractivity contribution in [3.05, 3.63) is 48.7 Å². The molecule has 1 aliphatic rings. The fourth-order valence-corrected chi connectivity index (χ4v) is 4.81. The van der Waals surface area contributed by atoms with Crippen LogP contribution in [-0.4, -0.2) is 32.5 Å². The summed E-state index contributed by atoms with van der Waals surface area (Å²) in [5.74, 6) is 1.84. The second kappa shape index (κ2) is 9.31. The van der Waals surface area contributed by atoms with Crippen LogP contribution in [0.15, 0.2) is 58.3 Å². The molecule has 0 unspecified atom stereocenters. The van der Waals surface area contributed by atoms with Gasteiger partial charge in [-0.05, 0) is 44.0 Å². The van der Waals surface area contributed by atoms with E-state index in [1.807, 2.05) is 58.9 Å². The van der Waals surface area contributed by atoms with Gasteiger partial charge in [0.05, 0.1) is 12.0 Å². The molecular formula is C22H26N4O2S. The molecule has 0 atom stereocenters. The molecule has 2 aromatic heterocycles. The number of para-hydroxylation sites is 1. The first-order valence-electron chi connectivity index (χ1n) is 10.2. The largest absolute Gasteiger partial charge is 0.461 e. The summed E-state index contributed by atoms with van der Waals surface area (Å²) in [6, 6.07) is 14.0. The zero-order valence-electron chi connectivity index (χ0n) is 16.7. The van der Waals surface area contributed by atoms with Crippen LogP contribution in [0.25, 0.3) is 11.6 Å². The van der Waals surface area contributed by atoms with Crippen LogP contribution >= 0.6 is 11.8 Å². The van der Waals surface area contributed by atoms with Crippen LogP contribution in [0.5, 0.6) is 0 Å². The summed E-state index contributed by atoms with van der Waals surface area (Å²) >= 11 is 1.44. The summed E-state index contributed by atoms with van der Waals surface area (Å²) < 4.78 is 7.46. The minimum atomic E-state index is 0.123. The van der Waals surface area contributed by atoms with E-state index in [0.29, 0.717) is 23.9 Å². The van der Waals surface area contributed by atoms with Crippen molar-refractivity contribution in [1.29, 1.82) is 0 Å². The van der Waals surface area contributed by atoms with E-state index >= 15 is 0 Å². The molecule has 7 heteroatoms. The van der Waals surface area contributed by atoms with E-state index in [-0.39, 0.29) is 11.9 Å². The van der Waals surface area contributed by atoms with E-state index in [9.17, 15) is 4.79 Å². The third-order valence-corrected chi connectivity index (χ3v) is 6.29. The number of benzene rings is 1. The van der Waals surface area contributed by atoms with E-state index in [0.717, 1.165) is 23.7 Å². The van der Waals surface area contributed by atoms with Gasteiger partial charge >= 0.3 is 0 Å². The average Bonchev–Trinajstić information content (AvgIpc) is 3.43. The average molecular weight is 411 g/mol. The molecule has 1 fully saturated rings. The number of furan rings is 1. The predicted molar refractivity (Wildman–Crippen MR) is 115 cm³/mol. The number of nitrogens with zero attached hydrogens (tertiary/aromatic N) is 4. The van der Waals surface area contributed by atoms with Gasteiger partial charge in [0.15, 0.2) is 16.7 Å². The Morgan fingerprint density at radius 3 is 2.62 bits per heavy atom. The second-order valence-electron chi connectivity index (χ2n) is 7.21. The molecule has 0 radical (unpaired) electrons. The molecule has 0 saturated heterocycles. The van der Waals surface area contributed by atoms with Gasteiger partial charge in [0, 0.05) is 18.3 Å². The van der Waals surface area contributed by atoms with E-state index < -0.39 is 0 Å². The SMILES string of the molecule is CCn1c(SCC(=O)N(c2ccccc2)C2CCCCC2)nnc1-c1ccco1. The summed E-state index contributed by atoms with van der Waals surface area (Å²) in [7, 11) is 0. The minimum Gasteiger partial charge on any atom is -0.461 e. The lowest BCUT2D eigenvalue weighted by atomic mass is 9.93. The number of hydrogen-bond donors (Lipinski definition) is 0. The lowest BCUT2D eigenvalue weighted by molar-refractivity contribution is -0.116. The molecular weight excluding hydrogens is 384 g/mol. The Kier molecular flexibility index (Phi) is 6.34. The maximum Gasteiger partial charge on any atom is 0.237 e. The Balaban J connectivity index is 1.51. The summed E-state index contributed by atoms with van der Waals surface area (Å²) in [5, 5.41) is 9.32. The van der Waals surface area contributed by atoms with Gasteiger partial charge in [0.2, 0.25) is 5.91 Å². The number of hydrogen-bond acceptors (Lipinski definition) is 5. The molecule has 3 aromatic rings. The van der Waals surface area contributed by atoms with Gasteiger partial charge in [0.1, 0.15) is 0 Å². The number of aromatic nitrogens is 3. The van der Waals surface area contributed by atoms with Gasteiger partial charge in [0.25, 0.3) is 0 Å². The summed E-state index contributed by atoms with van der Waals surface area (Å²) in [5.41, 5.74) is 0.984. The third-order valence-electron chi connectivity index (χ3n) is 5.34. The van der Waals surface area contributed by atoms with Gasteiger partial charge in [-0.3, -0.25) is 9.36 Å². The van der Waals surface area contributed by atoms with Crippen LogP contribution in [0.4, 0.5) is 5.69 Å². The van der Waals surface area contributed by atoms with Gasteiger partial charge in [-0.25, -0.2) is 0 Å². The molecule has 4 rings (SSSR count). The minimum absolute atomic E-state index is 0.123. The van der Waals surface area contributed by atoms with Crippen LogP contribution < -0.4 is 4.90 Å². The van der Waals surface area contributed by atoms with Crippen LogP contribution in [0.3, 0.4) is 0 Å². The highest BCUT2D eigenvalue weighted by atomic mass is 32.2. The normalized spacial score (nSPS) is 14.8. The molecule has 1 amide bonds. The topological polar surface area (TPSA) is 64.2 Å². The van der Waals surface area contributed by atoms with E-state index in [4.69, 9.17) is 4.42 Å². The summed E-state index contributed by atoms with van der Waals surface area (Å²) in [6.45, 7) is 2.75. The fourth-order valence-electron chi connectivity index (χ4n) is 3.95. The molecule has 6 nitrogen and oxygen atoms in total. The molecule has 1 saturated carbocycles. The van der Waals surface area contributed by atoms with E-state index in [1.165, 1.54) is 31.0 Å². The Morgan fingerprint density at radius 1 is 1.14 bits per heavy atom. The van der Waals surface area contributed by atoms with Crippen molar-refractivity contribution in [2.24, 2.45) is 0 Å². The predicted octanol–water partition coefficient (Wildman–Crippen LogP) is 5.02. The molecule has 0 aliphatic heterocycles. The Labute approximate surface area is 175 Å². The van der Waals surface area contributed by atoms with Crippen LogP contribution in [0.2, 0.25) is 0 Å². The van der Waals surface area contributed by atoms with Crippen molar-refractivity contribution < 1.29 is 9.21 Å². The molecule has 29 heavy (non-hydrogen) atoms. The van der Waals surface area contributed by atoms with Gasteiger partial charge in [-0.2, -0.15) is 0 Å². The maximum atomic E-state index is 13.3. The highest BCUT2D eigenvalue weighted by Crippen LogP contribution is 2.29. The van der Waals surface area contributed by atoms with Gasteiger partial charge in [-0.15, -0.1) is 10.2 Å². The molecule has 152 valence electrons. The monoisotopic (exact) mass is 410 g/mol. The number of rotatable bonds is 7. The van der Waals surface area contributed by atoms with Crippen molar-refractivity contribution in [2.45, 2.75) is 56.8 Å². The van der Waals surface area contributed by atoms with Crippen LogP contribution in [-0.2, 0) is 11.3 Å². The number of carbonyl (C=O) groups is 1. The van der Waals surface area contributed by atoms with Gasteiger partial charge in [-0.1, -0.05) is 49.2 Å². The third kappa shape index (κ3) is 4.40. The zero-order chi connectivity index (χ0) is 20.1. The zero-order valence-corrected chi connectivity index (χ0v) is 17.5. The number of thioether (sulfide) groups is 1. The first kappa shape index (κ1) is 19.8. The number of carbonyl (C=O) groups excluding carboxylic acids is 1. The van der Waals surface area contributed by atoms with Crippen LogP contribution in [0.1, 0.15) is 39.0 Å². The Hall–Kier alpha value is -2.54. The van der Waals surface area contributed by atoms with Crippen molar-refractivity contribution in [3.8, 4) is 11.6 Å². The summed E-state index contributed by atoms with van der Waals surface area (Å²) in [6.07, 6.45) is 7.40. The standard InChI is InChI=1S/C22H26N4O2S/c1-2-25-21(19-14-9-15-28-19)23-24-22(25)29-16-20(27)26(17-10-5-3-6-11-17)18-12-7-4-8-13-18/h3,5-6,9-11,14-15,18H,2,4,7-8,12-13,16H2,1H3. The van der Waals surface area contributed by atoms with Crippen molar-refractivity contribution in [1.82, 2.24) is 14.8 Å². The number of amides is 1. The Bertz CT molecular complexity index is 918. The smallest absolute Gasteiger partial charge is 0.237 e. The Morgan fingerprint density at radius 2 is 1.93 bits per heavy atom. The summed E-state index contributed by atoms with van der Waals surface area (Å²) in [4.78, 5) is 15.3. The molecule has 2 heterocycles. The van der Waals surface area contributed by atoms with E-state index in [1.54, 1.807) is 6.26 Å². The van der Waals surface area contributed by atoms with Crippen LogP contribution in [0, 0.1) is 0 Å². The molecule has 1 aliphatic carbocycles. The maximum absolute atomic E-state index is 13.3. The quantitative estimate of drug-likeness (QED) is 0.512. The number of anilines is 1. The second-order valence-corrected chi connectivity index (χ2v) is 8.15. The lowest BCUT2D eigenvalue weighted by Gasteiger charge is -2.34. The fraction of sp³-hybridized carbons (Fsp3) is 0.409. The van der Waals surface area contributed by atoms with Gasteiger partial charge < -0.3 is 9.32 Å². The molecule has 0 N–H and O–H groups in total.